The fraction of sp³-hybridized carbons (Fsp3) is 0.207. The molecule has 38 heavy (non-hydrogen) atoms. The van der Waals surface area contributed by atoms with Crippen LogP contribution in [0.2, 0.25) is 0 Å². The molecule has 1 heterocycles. The van der Waals surface area contributed by atoms with Crippen molar-refractivity contribution in [2.75, 3.05) is 27.4 Å². The predicted octanol–water partition coefficient (Wildman–Crippen LogP) is 5.06. The summed E-state index contributed by atoms with van der Waals surface area (Å²) < 4.78 is 32.7. The molecule has 0 amide bonds. The first-order valence-corrected chi connectivity index (χ1v) is 11.9. The summed E-state index contributed by atoms with van der Waals surface area (Å²) in [5, 5.41) is 0. The third kappa shape index (κ3) is 5.95. The van der Waals surface area contributed by atoms with Gasteiger partial charge < -0.3 is 28.4 Å². The molecular formula is C29H27NO8. The lowest BCUT2D eigenvalue weighted by molar-refractivity contribution is -0.129. The van der Waals surface area contributed by atoms with E-state index in [1.54, 1.807) is 73.8 Å². The number of methoxy groups -OCH3 is 2. The highest BCUT2D eigenvalue weighted by atomic mass is 16.6. The SMILES string of the molecule is CCOc1ccc(C2=N/C(=C\c3ccc(OC(=O)c4ccc(OC)cc4)c(OC)c3)C(=O)O2)cc1OCC. The number of carbonyl (C=O) groups excluding carboxylic acids is 2. The Labute approximate surface area is 220 Å². The van der Waals surface area contributed by atoms with Crippen LogP contribution in [-0.4, -0.2) is 45.3 Å². The first kappa shape index (κ1) is 26.3. The minimum atomic E-state index is -0.596. The summed E-state index contributed by atoms with van der Waals surface area (Å²) in [5.74, 6) is 1.31. The summed E-state index contributed by atoms with van der Waals surface area (Å²) in [7, 11) is 3.00. The number of hydrogen-bond acceptors (Lipinski definition) is 9. The molecular weight excluding hydrogens is 490 g/mol. The number of ether oxygens (including phenoxy) is 6. The number of esters is 2. The number of rotatable bonds is 10. The molecule has 4 rings (SSSR count). The van der Waals surface area contributed by atoms with Crippen LogP contribution in [0.5, 0.6) is 28.7 Å². The molecule has 0 N–H and O–H groups in total. The summed E-state index contributed by atoms with van der Waals surface area (Å²) >= 11 is 0. The van der Waals surface area contributed by atoms with Gasteiger partial charge in [-0.25, -0.2) is 14.6 Å². The second-order valence-corrected chi connectivity index (χ2v) is 7.89. The van der Waals surface area contributed by atoms with E-state index in [0.717, 1.165) is 0 Å². The molecule has 0 aromatic heterocycles. The van der Waals surface area contributed by atoms with E-state index < -0.39 is 11.9 Å². The van der Waals surface area contributed by atoms with Crippen LogP contribution >= 0.6 is 0 Å². The van der Waals surface area contributed by atoms with E-state index in [1.807, 2.05) is 13.8 Å². The van der Waals surface area contributed by atoms with Crippen molar-refractivity contribution in [2.45, 2.75) is 13.8 Å². The van der Waals surface area contributed by atoms with E-state index in [4.69, 9.17) is 28.4 Å². The van der Waals surface area contributed by atoms with Crippen LogP contribution in [0.3, 0.4) is 0 Å². The van der Waals surface area contributed by atoms with Crippen LogP contribution in [0, 0.1) is 0 Å². The molecule has 0 fully saturated rings. The van der Waals surface area contributed by atoms with Crippen LogP contribution in [0.4, 0.5) is 0 Å². The minimum Gasteiger partial charge on any atom is -0.497 e. The Balaban J connectivity index is 1.55. The van der Waals surface area contributed by atoms with E-state index in [1.165, 1.54) is 7.11 Å². The van der Waals surface area contributed by atoms with E-state index in [9.17, 15) is 9.59 Å². The van der Waals surface area contributed by atoms with Gasteiger partial charge in [-0.1, -0.05) is 6.07 Å². The molecule has 3 aromatic carbocycles. The fourth-order valence-corrected chi connectivity index (χ4v) is 3.62. The zero-order chi connectivity index (χ0) is 27.1. The van der Waals surface area contributed by atoms with Gasteiger partial charge in [-0.05, 0) is 80.1 Å². The smallest absolute Gasteiger partial charge is 0.363 e. The van der Waals surface area contributed by atoms with E-state index in [2.05, 4.69) is 4.99 Å². The molecule has 196 valence electrons. The second-order valence-electron chi connectivity index (χ2n) is 7.89. The van der Waals surface area contributed by atoms with Crippen LogP contribution in [-0.2, 0) is 9.53 Å². The minimum absolute atomic E-state index is 0.108. The summed E-state index contributed by atoms with van der Waals surface area (Å²) in [5.41, 5.74) is 1.64. The summed E-state index contributed by atoms with van der Waals surface area (Å²) in [6, 6.07) is 16.7. The molecule has 0 aliphatic carbocycles. The normalized spacial score (nSPS) is 13.5. The van der Waals surface area contributed by atoms with Crippen molar-refractivity contribution in [1.82, 2.24) is 0 Å². The average Bonchev–Trinajstić information content (AvgIpc) is 3.30. The van der Waals surface area contributed by atoms with E-state index in [-0.39, 0.29) is 17.3 Å². The van der Waals surface area contributed by atoms with Gasteiger partial charge in [-0.2, -0.15) is 0 Å². The molecule has 0 bridgehead atoms. The molecule has 1 aliphatic heterocycles. The maximum absolute atomic E-state index is 12.6. The Bertz CT molecular complexity index is 1390. The van der Waals surface area contributed by atoms with Gasteiger partial charge >= 0.3 is 11.9 Å². The van der Waals surface area contributed by atoms with Gasteiger partial charge in [0.2, 0.25) is 5.90 Å². The summed E-state index contributed by atoms with van der Waals surface area (Å²) in [6.45, 7) is 4.70. The van der Waals surface area contributed by atoms with Crippen molar-refractivity contribution < 1.29 is 38.0 Å². The number of carbonyl (C=O) groups is 2. The molecule has 0 saturated carbocycles. The van der Waals surface area contributed by atoms with Gasteiger partial charge in [-0.3, -0.25) is 0 Å². The highest BCUT2D eigenvalue weighted by Crippen LogP contribution is 2.32. The Hall–Kier alpha value is -4.79. The van der Waals surface area contributed by atoms with Gasteiger partial charge in [0, 0.05) is 5.56 Å². The lowest BCUT2D eigenvalue weighted by Gasteiger charge is -2.11. The van der Waals surface area contributed by atoms with E-state index in [0.29, 0.717) is 52.9 Å². The zero-order valence-electron chi connectivity index (χ0n) is 21.5. The zero-order valence-corrected chi connectivity index (χ0v) is 21.5. The molecule has 0 unspecified atom stereocenters. The maximum atomic E-state index is 12.6. The predicted molar refractivity (Wildman–Crippen MR) is 140 cm³/mol. The van der Waals surface area contributed by atoms with Gasteiger partial charge in [0.1, 0.15) is 5.75 Å². The molecule has 9 heteroatoms. The molecule has 9 nitrogen and oxygen atoms in total. The Kier molecular flexibility index (Phi) is 8.27. The van der Waals surface area contributed by atoms with Crippen molar-refractivity contribution in [2.24, 2.45) is 4.99 Å². The van der Waals surface area contributed by atoms with Gasteiger partial charge in [-0.15, -0.1) is 0 Å². The number of cyclic esters (lactones) is 1. The Morgan fingerprint density at radius 3 is 2.24 bits per heavy atom. The van der Waals surface area contributed by atoms with E-state index >= 15 is 0 Å². The van der Waals surface area contributed by atoms with Gasteiger partial charge in [0.05, 0.1) is 33.0 Å². The lowest BCUT2D eigenvalue weighted by atomic mass is 10.1. The van der Waals surface area contributed by atoms with Crippen molar-refractivity contribution in [3.05, 3.63) is 83.1 Å². The number of benzene rings is 3. The van der Waals surface area contributed by atoms with Gasteiger partial charge in [0.15, 0.2) is 28.7 Å². The summed E-state index contributed by atoms with van der Waals surface area (Å²) in [6.07, 6.45) is 1.56. The van der Waals surface area contributed by atoms with Crippen molar-refractivity contribution in [3.63, 3.8) is 0 Å². The van der Waals surface area contributed by atoms with Crippen LogP contribution in [0.25, 0.3) is 6.08 Å². The van der Waals surface area contributed by atoms with Crippen LogP contribution < -0.4 is 23.7 Å². The Morgan fingerprint density at radius 2 is 1.55 bits per heavy atom. The third-order valence-corrected chi connectivity index (χ3v) is 5.43. The molecule has 0 saturated heterocycles. The molecule has 0 atom stereocenters. The second kappa shape index (κ2) is 12.0. The highest BCUT2D eigenvalue weighted by Gasteiger charge is 2.25. The van der Waals surface area contributed by atoms with Crippen molar-refractivity contribution >= 4 is 23.9 Å². The number of hydrogen-bond donors (Lipinski definition) is 0. The molecule has 0 radical (unpaired) electrons. The largest absolute Gasteiger partial charge is 0.497 e. The fourth-order valence-electron chi connectivity index (χ4n) is 3.62. The number of nitrogens with zero attached hydrogens (tertiary/aromatic N) is 1. The van der Waals surface area contributed by atoms with Crippen molar-refractivity contribution in [3.8, 4) is 28.7 Å². The first-order chi connectivity index (χ1) is 18.4. The van der Waals surface area contributed by atoms with Gasteiger partial charge in [0.25, 0.3) is 0 Å². The quantitative estimate of drug-likeness (QED) is 0.209. The maximum Gasteiger partial charge on any atom is 0.363 e. The first-order valence-electron chi connectivity index (χ1n) is 11.9. The monoisotopic (exact) mass is 517 g/mol. The molecule has 0 spiro atoms. The average molecular weight is 518 g/mol. The number of aliphatic imine (C=N–C) groups is 1. The van der Waals surface area contributed by atoms with Crippen molar-refractivity contribution in [1.29, 1.82) is 0 Å². The highest BCUT2D eigenvalue weighted by molar-refractivity contribution is 6.13. The lowest BCUT2D eigenvalue weighted by Crippen LogP contribution is -2.09. The molecule has 3 aromatic rings. The topological polar surface area (TPSA) is 102 Å². The van der Waals surface area contributed by atoms with Crippen LogP contribution in [0.15, 0.2) is 71.4 Å². The standard InChI is InChI=1S/C29H27NO8/c1-5-35-23-14-10-20(17-26(23)36-6-2)27-30-22(29(32)38-27)15-18-7-13-24(25(16-18)34-4)37-28(31)19-8-11-21(33-3)12-9-19/h7-17H,5-6H2,1-4H3/b22-15-. The van der Waals surface area contributed by atoms with Crippen LogP contribution in [0.1, 0.15) is 35.3 Å². The third-order valence-electron chi connectivity index (χ3n) is 5.43. The summed E-state index contributed by atoms with van der Waals surface area (Å²) in [4.78, 5) is 29.5. The Morgan fingerprint density at radius 1 is 0.842 bits per heavy atom. The molecule has 1 aliphatic rings.